The van der Waals surface area contributed by atoms with Crippen molar-refractivity contribution in [3.05, 3.63) is 60.2 Å². The largest absolute Gasteiger partial charge is 0.340 e. The third kappa shape index (κ3) is 5.71. The van der Waals surface area contributed by atoms with Gasteiger partial charge in [0.15, 0.2) is 0 Å². The van der Waals surface area contributed by atoms with Crippen molar-refractivity contribution >= 4 is 33.4 Å². The summed E-state index contributed by atoms with van der Waals surface area (Å²) in [7, 11) is -3.80. The molecule has 2 aliphatic rings. The summed E-state index contributed by atoms with van der Waals surface area (Å²) in [6, 6.07) is 15.2. The summed E-state index contributed by atoms with van der Waals surface area (Å²) < 4.78 is 27.7. The summed E-state index contributed by atoms with van der Waals surface area (Å²) in [6.07, 6.45) is 1.38. The minimum atomic E-state index is -3.80. The molecule has 4 rings (SSSR count). The van der Waals surface area contributed by atoms with Crippen LogP contribution < -0.4 is 5.32 Å². The Labute approximate surface area is 205 Å². The molecule has 2 fully saturated rings. The number of likely N-dealkylation sites (tertiary alicyclic amines) is 1. The number of hydrogen-bond donors (Lipinski definition) is 1. The first kappa shape index (κ1) is 24.9. The molecule has 0 radical (unpaired) electrons. The molecule has 1 N–H and O–H groups in total. The monoisotopic (exact) mass is 498 g/mol. The molecule has 2 aromatic carbocycles. The van der Waals surface area contributed by atoms with Gasteiger partial charge in [-0.2, -0.15) is 4.31 Å². The molecule has 0 bridgehead atoms. The molecule has 0 aromatic heterocycles. The second-order valence-corrected chi connectivity index (χ2v) is 10.8. The number of amides is 3. The summed E-state index contributed by atoms with van der Waals surface area (Å²) in [5.74, 6) is -0.834. The number of para-hydroxylation sites is 1. The number of nitrogens with zero attached hydrogens (tertiary/aromatic N) is 3. The standard InChI is InChI=1S/C25H30N4O5S/c1-19(30)27-13-15-29(16-14-27)35(33,34)23-11-5-7-20(17-23)25(32)28-12-6-8-21(18-28)24(31)26-22-9-3-2-4-10-22/h2-5,7,9-11,17,21H,6,8,12-16,18H2,1H3,(H,26,31). The van der Waals surface area contributed by atoms with Gasteiger partial charge in [0.05, 0.1) is 10.8 Å². The van der Waals surface area contributed by atoms with E-state index in [-0.39, 0.29) is 53.7 Å². The molecular weight excluding hydrogens is 468 g/mol. The molecule has 10 heteroatoms. The van der Waals surface area contributed by atoms with Crippen LogP contribution in [0, 0.1) is 5.92 Å². The van der Waals surface area contributed by atoms with Crippen LogP contribution in [0.5, 0.6) is 0 Å². The van der Waals surface area contributed by atoms with Gasteiger partial charge in [0, 0.05) is 57.4 Å². The summed E-state index contributed by atoms with van der Waals surface area (Å²) in [6.45, 7) is 3.37. The fourth-order valence-corrected chi connectivity index (χ4v) is 5.97. The second-order valence-electron chi connectivity index (χ2n) is 8.88. The number of benzene rings is 2. The van der Waals surface area contributed by atoms with Gasteiger partial charge >= 0.3 is 0 Å². The first-order chi connectivity index (χ1) is 16.8. The normalized spacial score (nSPS) is 19.3. The third-order valence-corrected chi connectivity index (χ3v) is 8.42. The molecule has 1 unspecified atom stereocenters. The number of sulfonamides is 1. The Morgan fingerprint density at radius 1 is 0.886 bits per heavy atom. The van der Waals surface area contributed by atoms with Gasteiger partial charge in [0.25, 0.3) is 5.91 Å². The van der Waals surface area contributed by atoms with E-state index in [0.29, 0.717) is 38.2 Å². The highest BCUT2D eigenvalue weighted by atomic mass is 32.2. The number of piperidine rings is 1. The minimum Gasteiger partial charge on any atom is -0.340 e. The number of carbonyl (C=O) groups excluding carboxylic acids is 3. The van der Waals surface area contributed by atoms with Crippen LogP contribution in [0.2, 0.25) is 0 Å². The number of rotatable bonds is 5. The topological polar surface area (TPSA) is 107 Å². The molecule has 0 spiro atoms. The fourth-order valence-electron chi connectivity index (χ4n) is 4.51. The van der Waals surface area contributed by atoms with Crippen molar-refractivity contribution in [2.75, 3.05) is 44.6 Å². The van der Waals surface area contributed by atoms with E-state index in [1.54, 1.807) is 21.9 Å². The third-order valence-electron chi connectivity index (χ3n) is 6.52. The Morgan fingerprint density at radius 2 is 1.60 bits per heavy atom. The van der Waals surface area contributed by atoms with Gasteiger partial charge in [0.2, 0.25) is 21.8 Å². The SMILES string of the molecule is CC(=O)N1CCN(S(=O)(=O)c2cccc(C(=O)N3CCCC(C(=O)Nc4ccccc4)C3)c2)CC1. The van der Waals surface area contributed by atoms with Crippen LogP contribution in [-0.4, -0.2) is 79.5 Å². The van der Waals surface area contributed by atoms with Crippen LogP contribution in [0.4, 0.5) is 5.69 Å². The van der Waals surface area contributed by atoms with Crippen LogP contribution in [0.15, 0.2) is 59.5 Å². The van der Waals surface area contributed by atoms with Gasteiger partial charge in [0.1, 0.15) is 0 Å². The number of nitrogens with one attached hydrogen (secondary N) is 1. The Hall–Kier alpha value is -3.24. The van der Waals surface area contributed by atoms with Gasteiger partial charge in [-0.1, -0.05) is 24.3 Å². The molecule has 2 saturated heterocycles. The van der Waals surface area contributed by atoms with Crippen molar-refractivity contribution in [2.24, 2.45) is 5.92 Å². The summed E-state index contributed by atoms with van der Waals surface area (Å²) in [5.41, 5.74) is 0.987. The van der Waals surface area contributed by atoms with Gasteiger partial charge in [-0.25, -0.2) is 8.42 Å². The molecule has 9 nitrogen and oxygen atoms in total. The zero-order valence-corrected chi connectivity index (χ0v) is 20.5. The lowest BCUT2D eigenvalue weighted by atomic mass is 9.96. The van der Waals surface area contributed by atoms with Crippen LogP contribution in [-0.2, 0) is 19.6 Å². The summed E-state index contributed by atoms with van der Waals surface area (Å²) in [5, 5.41) is 2.90. The molecule has 0 saturated carbocycles. The number of piperazine rings is 1. The van der Waals surface area contributed by atoms with E-state index in [2.05, 4.69) is 5.32 Å². The summed E-state index contributed by atoms with van der Waals surface area (Å²) in [4.78, 5) is 40.8. The maximum Gasteiger partial charge on any atom is 0.253 e. The molecule has 186 valence electrons. The Bertz CT molecular complexity index is 1190. The average Bonchev–Trinajstić information content (AvgIpc) is 2.89. The van der Waals surface area contributed by atoms with E-state index < -0.39 is 10.0 Å². The van der Waals surface area contributed by atoms with Crippen LogP contribution in [0.25, 0.3) is 0 Å². The lowest BCUT2D eigenvalue weighted by Gasteiger charge is -2.33. The molecule has 2 aromatic rings. The average molecular weight is 499 g/mol. The number of carbonyl (C=O) groups is 3. The van der Waals surface area contributed by atoms with Crippen molar-refractivity contribution < 1.29 is 22.8 Å². The Morgan fingerprint density at radius 3 is 2.29 bits per heavy atom. The van der Waals surface area contributed by atoms with E-state index >= 15 is 0 Å². The quantitative estimate of drug-likeness (QED) is 0.679. The Balaban J connectivity index is 1.43. The Kier molecular flexibility index (Phi) is 7.51. The predicted molar refractivity (Wildman–Crippen MR) is 131 cm³/mol. The molecule has 1 atom stereocenters. The van der Waals surface area contributed by atoms with Crippen LogP contribution >= 0.6 is 0 Å². The van der Waals surface area contributed by atoms with Crippen molar-refractivity contribution in [2.45, 2.75) is 24.7 Å². The van der Waals surface area contributed by atoms with E-state index in [4.69, 9.17) is 0 Å². The smallest absolute Gasteiger partial charge is 0.253 e. The minimum absolute atomic E-state index is 0.0509. The highest BCUT2D eigenvalue weighted by Crippen LogP contribution is 2.23. The molecule has 3 amide bonds. The number of hydrogen-bond acceptors (Lipinski definition) is 5. The van der Waals surface area contributed by atoms with Gasteiger partial charge < -0.3 is 15.1 Å². The van der Waals surface area contributed by atoms with E-state index in [0.717, 1.165) is 0 Å². The van der Waals surface area contributed by atoms with Crippen molar-refractivity contribution in [1.29, 1.82) is 0 Å². The molecule has 2 heterocycles. The van der Waals surface area contributed by atoms with Crippen molar-refractivity contribution in [3.8, 4) is 0 Å². The van der Waals surface area contributed by atoms with Crippen LogP contribution in [0.3, 0.4) is 0 Å². The van der Waals surface area contributed by atoms with E-state index in [1.807, 2.05) is 30.3 Å². The van der Waals surface area contributed by atoms with Gasteiger partial charge in [-0.05, 0) is 43.2 Å². The second kappa shape index (κ2) is 10.6. The lowest BCUT2D eigenvalue weighted by molar-refractivity contribution is -0.130. The highest BCUT2D eigenvalue weighted by molar-refractivity contribution is 7.89. The lowest BCUT2D eigenvalue weighted by Crippen LogP contribution is -2.49. The fraction of sp³-hybridized carbons (Fsp3) is 0.400. The van der Waals surface area contributed by atoms with Crippen molar-refractivity contribution in [3.63, 3.8) is 0 Å². The molecule has 35 heavy (non-hydrogen) atoms. The predicted octanol–water partition coefficient (Wildman–Crippen LogP) is 2.03. The van der Waals surface area contributed by atoms with E-state index in [9.17, 15) is 22.8 Å². The molecule has 0 aliphatic carbocycles. The first-order valence-electron chi connectivity index (χ1n) is 11.8. The number of anilines is 1. The highest BCUT2D eigenvalue weighted by Gasteiger charge is 2.32. The maximum absolute atomic E-state index is 13.2. The molecule has 2 aliphatic heterocycles. The molecular formula is C25H30N4O5S. The maximum atomic E-state index is 13.2. The van der Waals surface area contributed by atoms with Gasteiger partial charge in [-0.15, -0.1) is 0 Å². The van der Waals surface area contributed by atoms with Crippen LogP contribution in [0.1, 0.15) is 30.1 Å². The van der Waals surface area contributed by atoms with Gasteiger partial charge in [-0.3, -0.25) is 14.4 Å². The van der Waals surface area contributed by atoms with E-state index in [1.165, 1.54) is 23.4 Å². The summed E-state index contributed by atoms with van der Waals surface area (Å²) >= 11 is 0. The van der Waals surface area contributed by atoms with Crippen molar-refractivity contribution in [1.82, 2.24) is 14.1 Å². The zero-order valence-electron chi connectivity index (χ0n) is 19.7. The first-order valence-corrected chi connectivity index (χ1v) is 13.2. The zero-order chi connectivity index (χ0) is 25.0.